The fourth-order valence-corrected chi connectivity index (χ4v) is 4.17. The van der Waals surface area contributed by atoms with Crippen LogP contribution in [0.1, 0.15) is 36.5 Å². The molecule has 0 spiro atoms. The molecule has 2 aromatic carbocycles. The maximum atomic E-state index is 4.58. The Morgan fingerprint density at radius 3 is 2.35 bits per heavy atom. The van der Waals surface area contributed by atoms with Crippen LogP contribution >= 0.6 is 0 Å². The third-order valence-electron chi connectivity index (χ3n) is 6.66. The summed E-state index contributed by atoms with van der Waals surface area (Å²) < 4.78 is 2.18. The molecule has 0 saturated heterocycles. The Bertz CT molecular complexity index is 1380. The summed E-state index contributed by atoms with van der Waals surface area (Å²) in [6.45, 7) is 3.76. The summed E-state index contributed by atoms with van der Waals surface area (Å²) in [6, 6.07) is 23.1. The van der Waals surface area contributed by atoms with E-state index in [0.717, 1.165) is 48.5 Å². The number of aromatic nitrogens is 1. The van der Waals surface area contributed by atoms with Crippen molar-refractivity contribution in [1.29, 1.82) is 0 Å². The maximum absolute atomic E-state index is 4.58. The third kappa shape index (κ3) is 9.03. The van der Waals surface area contributed by atoms with E-state index in [0.29, 0.717) is 0 Å². The highest BCUT2D eigenvalue weighted by Crippen LogP contribution is 2.13. The van der Waals surface area contributed by atoms with Crippen LogP contribution in [-0.4, -0.2) is 31.5 Å². The minimum atomic E-state index is 0.830. The molecule has 204 valence electrons. The Labute approximate surface area is 238 Å². The van der Waals surface area contributed by atoms with Gasteiger partial charge in [-0.3, -0.25) is 10.0 Å². The lowest BCUT2D eigenvalue weighted by molar-refractivity contribution is -0.688. The van der Waals surface area contributed by atoms with Crippen LogP contribution in [0.25, 0.3) is 0 Å². The zero-order valence-electron chi connectivity index (χ0n) is 23.8. The van der Waals surface area contributed by atoms with Crippen LogP contribution in [0, 0.1) is 0 Å². The highest BCUT2D eigenvalue weighted by molar-refractivity contribution is 5.81. The summed E-state index contributed by atoms with van der Waals surface area (Å²) in [5, 5.41) is 15.1. The van der Waals surface area contributed by atoms with Gasteiger partial charge >= 0.3 is 0 Å². The number of nitrogens with zero attached hydrogens (tertiary/aromatic N) is 5. The van der Waals surface area contributed by atoms with Crippen molar-refractivity contribution in [2.75, 3.05) is 19.1 Å². The minimum absolute atomic E-state index is 0.830. The maximum Gasteiger partial charge on any atom is 0.173 e. The third-order valence-corrected chi connectivity index (χ3v) is 6.66. The first-order valence-corrected chi connectivity index (χ1v) is 13.8. The second kappa shape index (κ2) is 15.1. The monoisotopic (exact) mass is 532 g/mol. The number of likely N-dealkylation sites (N-methyl/N-ethyl adjacent to an activating group) is 1. The molecule has 0 unspecified atom stereocenters. The van der Waals surface area contributed by atoms with Crippen LogP contribution in [0.15, 0.2) is 137 Å². The van der Waals surface area contributed by atoms with Gasteiger partial charge in [0.1, 0.15) is 6.54 Å². The molecule has 6 heteroatoms. The quantitative estimate of drug-likeness (QED) is 0.152. The molecule has 1 aromatic heterocycles. The van der Waals surface area contributed by atoms with Crippen molar-refractivity contribution in [3.63, 3.8) is 0 Å². The predicted octanol–water partition coefficient (Wildman–Crippen LogP) is 5.17. The van der Waals surface area contributed by atoms with Gasteiger partial charge in [-0.1, -0.05) is 60.7 Å². The van der Waals surface area contributed by atoms with Crippen molar-refractivity contribution in [3.8, 4) is 0 Å². The molecule has 0 saturated carbocycles. The van der Waals surface area contributed by atoms with Crippen molar-refractivity contribution in [2.45, 2.75) is 32.9 Å². The first-order chi connectivity index (χ1) is 19.6. The Morgan fingerprint density at radius 2 is 1.65 bits per heavy atom. The summed E-state index contributed by atoms with van der Waals surface area (Å²) in [5.74, 6) is 0. The van der Waals surface area contributed by atoms with Crippen molar-refractivity contribution < 1.29 is 9.88 Å². The van der Waals surface area contributed by atoms with Crippen molar-refractivity contribution >= 4 is 18.1 Å². The normalized spacial score (nSPS) is 13.9. The largest absolute Gasteiger partial charge is 0.316 e. The second-order valence-corrected chi connectivity index (χ2v) is 9.69. The summed E-state index contributed by atoms with van der Waals surface area (Å²) in [6.07, 6.45) is 23.0. The molecule has 0 aliphatic heterocycles. The van der Waals surface area contributed by atoms with E-state index in [4.69, 9.17) is 0 Å². The van der Waals surface area contributed by atoms with E-state index in [1.54, 1.807) is 0 Å². The van der Waals surface area contributed by atoms with Crippen LogP contribution in [-0.2, 0) is 13.1 Å². The fraction of sp³-hybridized carbons (Fsp3) is 0.206. The fourth-order valence-electron chi connectivity index (χ4n) is 4.17. The predicted molar refractivity (Wildman–Crippen MR) is 166 cm³/mol. The molecule has 40 heavy (non-hydrogen) atoms. The number of benzene rings is 2. The van der Waals surface area contributed by atoms with Gasteiger partial charge in [0.05, 0.1) is 30.0 Å². The highest BCUT2D eigenvalue weighted by Gasteiger charge is 2.05. The number of allylic oxidation sites excluding steroid dienone is 6. The summed E-state index contributed by atoms with van der Waals surface area (Å²) in [7, 11) is 3.94. The molecule has 0 atom stereocenters. The van der Waals surface area contributed by atoms with E-state index >= 15 is 0 Å². The topological polar surface area (TPSA) is 51.7 Å². The van der Waals surface area contributed by atoms with Crippen LogP contribution in [0.2, 0.25) is 0 Å². The standard InChI is InChI=1S/C34H39N6/c1-4-29(26-36-38(2)33-11-7-5-8-12-33)19-22-35-25-30-15-17-32(18-16-30)28-40-23-20-31(21-24-40)27-37-39(3)34-13-9-6-10-14-34/h4,6-7,9-24,26-27,35H,5,8,25,28H2,1-3H3/q+1/p+1/b22-19-,29-4+,36-26+. The average molecular weight is 533 g/mol. The number of rotatable bonds is 12. The van der Waals surface area contributed by atoms with Crippen LogP contribution < -0.4 is 14.9 Å². The van der Waals surface area contributed by atoms with Gasteiger partial charge in [-0.05, 0) is 49.6 Å². The Morgan fingerprint density at radius 1 is 0.900 bits per heavy atom. The van der Waals surface area contributed by atoms with Crippen LogP contribution in [0.3, 0.4) is 0 Å². The Balaban J connectivity index is 1.22. The van der Waals surface area contributed by atoms with E-state index in [9.17, 15) is 0 Å². The van der Waals surface area contributed by atoms with Crippen molar-refractivity contribution in [3.05, 3.63) is 144 Å². The van der Waals surface area contributed by atoms with Crippen molar-refractivity contribution in [1.82, 2.24) is 5.01 Å². The molecule has 1 aliphatic carbocycles. The highest BCUT2D eigenvalue weighted by atomic mass is 15.4. The molecule has 0 radical (unpaired) electrons. The number of hydrazone groups is 2. The number of hydrogen-bond acceptors (Lipinski definition) is 4. The van der Waals surface area contributed by atoms with Gasteiger partial charge in [0.25, 0.3) is 0 Å². The van der Waals surface area contributed by atoms with Crippen LogP contribution in [0.4, 0.5) is 5.69 Å². The summed E-state index contributed by atoms with van der Waals surface area (Å²) >= 11 is 0. The number of quaternary nitrogens is 1. The number of nitrogens with two attached hydrogens (primary N) is 1. The molecule has 0 amide bonds. The lowest BCUT2D eigenvalue weighted by atomic mass is 10.1. The minimum Gasteiger partial charge on any atom is -0.316 e. The summed E-state index contributed by atoms with van der Waals surface area (Å²) in [4.78, 5) is 0. The van der Waals surface area contributed by atoms with Gasteiger partial charge in [-0.2, -0.15) is 10.2 Å². The molecule has 0 fully saturated rings. The molecule has 6 nitrogen and oxygen atoms in total. The number of hydrogen-bond donors (Lipinski definition) is 1. The molecule has 2 N–H and O–H groups in total. The molecular weight excluding hydrogens is 492 g/mol. The van der Waals surface area contributed by atoms with Gasteiger partial charge in [-0.15, -0.1) is 0 Å². The zero-order valence-corrected chi connectivity index (χ0v) is 23.8. The Kier molecular flexibility index (Phi) is 10.8. The summed E-state index contributed by atoms with van der Waals surface area (Å²) in [5.41, 5.74) is 6.91. The van der Waals surface area contributed by atoms with E-state index in [2.05, 4.69) is 105 Å². The van der Waals surface area contributed by atoms with Gasteiger partial charge in [0, 0.05) is 42.9 Å². The molecule has 4 rings (SSSR count). The first-order valence-electron chi connectivity index (χ1n) is 13.8. The van der Waals surface area contributed by atoms with Crippen LogP contribution in [0.5, 0.6) is 0 Å². The van der Waals surface area contributed by atoms with E-state index in [1.165, 1.54) is 11.1 Å². The molecule has 1 aliphatic rings. The van der Waals surface area contributed by atoms with E-state index < -0.39 is 0 Å². The smallest absolute Gasteiger partial charge is 0.173 e. The van der Waals surface area contributed by atoms with E-state index in [1.807, 2.05) is 73.8 Å². The molecule has 1 heterocycles. The SMILES string of the molecule is C/C=C(\C=C/[NH2+]Cc1ccc(C[n+]2ccc(/C=N/N(C)c3ccccc3)cc2)cc1)/C=N/N(C)C1=CCCC=C1. The number of pyridine rings is 1. The first kappa shape index (κ1) is 28.5. The second-order valence-electron chi connectivity index (χ2n) is 9.69. The average Bonchev–Trinajstić information content (AvgIpc) is 3.01. The van der Waals surface area contributed by atoms with Gasteiger partial charge < -0.3 is 5.32 Å². The number of anilines is 1. The Hall–Kier alpha value is -4.55. The molecule has 3 aromatic rings. The lowest BCUT2D eigenvalue weighted by Gasteiger charge is -2.16. The van der Waals surface area contributed by atoms with E-state index in [-0.39, 0.29) is 0 Å². The zero-order chi connectivity index (χ0) is 28.0. The molecule has 0 bridgehead atoms. The van der Waals surface area contributed by atoms with Crippen molar-refractivity contribution in [2.24, 2.45) is 10.2 Å². The number of para-hydroxylation sites is 1. The lowest BCUT2D eigenvalue weighted by Crippen LogP contribution is -2.76. The van der Waals surface area contributed by atoms with Gasteiger partial charge in [0.2, 0.25) is 0 Å². The molecular formula is C34H40N6+2. The van der Waals surface area contributed by atoms with Gasteiger partial charge in [0.15, 0.2) is 18.9 Å². The van der Waals surface area contributed by atoms with Gasteiger partial charge in [-0.25, -0.2) is 4.57 Å².